The second kappa shape index (κ2) is 5.37. The smallest absolute Gasteiger partial charge is 0.291 e. The number of rotatable bonds is 4. The van der Waals surface area contributed by atoms with Crippen molar-refractivity contribution in [1.29, 1.82) is 0 Å². The van der Waals surface area contributed by atoms with Crippen molar-refractivity contribution in [1.82, 2.24) is 4.31 Å². The van der Waals surface area contributed by atoms with E-state index in [0.717, 1.165) is 6.42 Å². The molecule has 0 bridgehead atoms. The van der Waals surface area contributed by atoms with Crippen molar-refractivity contribution < 1.29 is 13.3 Å². The monoisotopic (exact) mass is 299 g/mol. The lowest BCUT2D eigenvalue weighted by Crippen LogP contribution is -2.29. The van der Waals surface area contributed by atoms with Crippen molar-refractivity contribution in [2.24, 2.45) is 5.92 Å². The van der Waals surface area contributed by atoms with Crippen LogP contribution in [0.2, 0.25) is 0 Å². The van der Waals surface area contributed by atoms with Gasteiger partial charge < -0.3 is 5.32 Å². The molecule has 1 N–H and O–H groups in total. The summed E-state index contributed by atoms with van der Waals surface area (Å²) in [6.07, 6.45) is 0.779. The first-order chi connectivity index (χ1) is 9.36. The van der Waals surface area contributed by atoms with E-state index in [1.54, 1.807) is 7.05 Å². The van der Waals surface area contributed by atoms with Crippen LogP contribution in [0.4, 0.5) is 11.4 Å². The van der Waals surface area contributed by atoms with Gasteiger partial charge in [0, 0.05) is 31.9 Å². The zero-order valence-electron chi connectivity index (χ0n) is 11.4. The van der Waals surface area contributed by atoms with Crippen LogP contribution in [-0.4, -0.2) is 37.8 Å². The van der Waals surface area contributed by atoms with Gasteiger partial charge in [-0.1, -0.05) is 6.92 Å². The quantitative estimate of drug-likeness (QED) is 0.674. The van der Waals surface area contributed by atoms with Crippen LogP contribution in [-0.2, 0) is 10.0 Å². The maximum Gasteiger partial charge on any atom is 0.291 e. The Morgan fingerprint density at radius 2 is 2.15 bits per heavy atom. The minimum Gasteiger partial charge on any atom is -0.388 e. The first-order valence-electron chi connectivity index (χ1n) is 6.32. The fourth-order valence-electron chi connectivity index (χ4n) is 2.29. The molecule has 0 aromatic heterocycles. The molecule has 0 aliphatic carbocycles. The molecule has 7 nitrogen and oxygen atoms in total. The number of hydrogen-bond donors (Lipinski definition) is 1. The van der Waals surface area contributed by atoms with Gasteiger partial charge in [0.15, 0.2) is 4.90 Å². The van der Waals surface area contributed by atoms with E-state index in [9.17, 15) is 18.5 Å². The molecule has 1 unspecified atom stereocenters. The molecule has 1 atom stereocenters. The fraction of sp³-hybridized carbons (Fsp3) is 0.500. The molecule has 0 saturated carbocycles. The molecule has 110 valence electrons. The Kier molecular flexibility index (Phi) is 3.96. The van der Waals surface area contributed by atoms with Crippen molar-refractivity contribution in [2.45, 2.75) is 18.2 Å². The molecule has 1 aliphatic heterocycles. The molecule has 0 amide bonds. The highest BCUT2D eigenvalue weighted by Gasteiger charge is 2.35. The molecule has 2 rings (SSSR count). The summed E-state index contributed by atoms with van der Waals surface area (Å²) in [6.45, 7) is 2.79. The number of nitro benzene ring substituents is 1. The minimum atomic E-state index is -3.81. The summed E-state index contributed by atoms with van der Waals surface area (Å²) in [4.78, 5) is 10.2. The van der Waals surface area contributed by atoms with Crippen molar-refractivity contribution in [3.05, 3.63) is 28.3 Å². The van der Waals surface area contributed by atoms with E-state index < -0.39 is 20.6 Å². The zero-order chi connectivity index (χ0) is 14.9. The Hall–Kier alpha value is -1.67. The number of hydrogen-bond acceptors (Lipinski definition) is 5. The number of nitrogens with one attached hydrogen (secondary N) is 1. The van der Waals surface area contributed by atoms with Crippen LogP contribution in [0.25, 0.3) is 0 Å². The Bertz CT molecular complexity index is 630. The molecule has 20 heavy (non-hydrogen) atoms. The zero-order valence-corrected chi connectivity index (χ0v) is 12.2. The maximum atomic E-state index is 12.5. The lowest BCUT2D eigenvalue weighted by molar-refractivity contribution is -0.387. The number of nitrogens with zero attached hydrogens (tertiary/aromatic N) is 2. The Morgan fingerprint density at radius 1 is 1.45 bits per heavy atom. The summed E-state index contributed by atoms with van der Waals surface area (Å²) in [5, 5.41) is 13.9. The number of anilines is 1. The molecule has 0 spiro atoms. The maximum absolute atomic E-state index is 12.5. The summed E-state index contributed by atoms with van der Waals surface area (Å²) in [7, 11) is -2.19. The summed E-state index contributed by atoms with van der Waals surface area (Å²) in [5.41, 5.74) is 0.113. The van der Waals surface area contributed by atoms with E-state index in [4.69, 9.17) is 0 Å². The average molecular weight is 299 g/mol. The minimum absolute atomic E-state index is 0.240. The summed E-state index contributed by atoms with van der Waals surface area (Å²) in [5.74, 6) is 0.278. The first kappa shape index (κ1) is 14.7. The normalized spacial score (nSPS) is 20.0. The summed E-state index contributed by atoms with van der Waals surface area (Å²) >= 11 is 0. The largest absolute Gasteiger partial charge is 0.388 e. The van der Waals surface area contributed by atoms with Gasteiger partial charge in [0.05, 0.1) is 4.92 Å². The van der Waals surface area contributed by atoms with Crippen LogP contribution in [0.15, 0.2) is 23.1 Å². The van der Waals surface area contributed by atoms with Crippen molar-refractivity contribution >= 4 is 21.4 Å². The fourth-order valence-corrected chi connectivity index (χ4v) is 4.00. The molecule has 0 radical (unpaired) electrons. The van der Waals surface area contributed by atoms with Crippen LogP contribution in [0.1, 0.15) is 13.3 Å². The van der Waals surface area contributed by atoms with Crippen LogP contribution in [0.5, 0.6) is 0 Å². The summed E-state index contributed by atoms with van der Waals surface area (Å²) < 4.78 is 26.3. The van der Waals surface area contributed by atoms with Gasteiger partial charge in [-0.2, -0.15) is 4.31 Å². The highest BCUT2D eigenvalue weighted by atomic mass is 32.2. The van der Waals surface area contributed by atoms with Gasteiger partial charge in [0.1, 0.15) is 0 Å². The van der Waals surface area contributed by atoms with Crippen LogP contribution >= 0.6 is 0 Å². The van der Waals surface area contributed by atoms with E-state index in [-0.39, 0.29) is 10.8 Å². The van der Waals surface area contributed by atoms with E-state index >= 15 is 0 Å². The van der Waals surface area contributed by atoms with E-state index in [2.05, 4.69) is 5.32 Å². The van der Waals surface area contributed by atoms with Crippen molar-refractivity contribution in [2.75, 3.05) is 25.5 Å². The second-order valence-electron chi connectivity index (χ2n) is 4.95. The van der Waals surface area contributed by atoms with E-state index in [1.807, 2.05) is 6.92 Å². The Labute approximate surface area is 117 Å². The SMILES string of the molecule is CNc1ccc(S(=O)(=O)N2CCC(C)C2)c([N+](=O)[O-])c1. The average Bonchev–Trinajstić information content (AvgIpc) is 2.85. The number of nitro groups is 1. The van der Waals surface area contributed by atoms with Crippen LogP contribution in [0, 0.1) is 16.0 Å². The number of sulfonamides is 1. The van der Waals surface area contributed by atoms with Gasteiger partial charge in [-0.05, 0) is 24.5 Å². The van der Waals surface area contributed by atoms with Crippen molar-refractivity contribution in [3.63, 3.8) is 0 Å². The van der Waals surface area contributed by atoms with Gasteiger partial charge >= 0.3 is 0 Å². The molecule has 1 fully saturated rings. The third-order valence-electron chi connectivity index (χ3n) is 3.45. The Morgan fingerprint density at radius 3 is 2.65 bits per heavy atom. The molecular weight excluding hydrogens is 282 g/mol. The topological polar surface area (TPSA) is 92.6 Å². The molecule has 1 aliphatic rings. The van der Waals surface area contributed by atoms with Crippen molar-refractivity contribution in [3.8, 4) is 0 Å². The number of benzene rings is 1. The van der Waals surface area contributed by atoms with Gasteiger partial charge in [-0.3, -0.25) is 10.1 Å². The third kappa shape index (κ3) is 2.61. The van der Waals surface area contributed by atoms with Gasteiger partial charge in [0.2, 0.25) is 10.0 Å². The van der Waals surface area contributed by atoms with Crippen LogP contribution in [0.3, 0.4) is 0 Å². The molecule has 1 heterocycles. The highest BCUT2D eigenvalue weighted by Crippen LogP contribution is 2.31. The summed E-state index contributed by atoms with van der Waals surface area (Å²) in [6, 6.07) is 4.06. The highest BCUT2D eigenvalue weighted by molar-refractivity contribution is 7.89. The standard InChI is InChI=1S/C12H17N3O4S/c1-9-5-6-14(8-9)20(18,19)12-4-3-10(13-2)7-11(12)15(16)17/h3-4,7,9,13H,5-6,8H2,1-2H3. The van der Waals surface area contributed by atoms with Gasteiger partial charge in [0.25, 0.3) is 5.69 Å². The van der Waals surface area contributed by atoms with Crippen LogP contribution < -0.4 is 5.32 Å². The predicted molar refractivity (Wildman–Crippen MR) is 75.2 cm³/mol. The predicted octanol–water partition coefficient (Wildman–Crippen LogP) is 1.67. The van der Waals surface area contributed by atoms with Gasteiger partial charge in [-0.25, -0.2) is 8.42 Å². The molecule has 8 heteroatoms. The molecule has 1 saturated heterocycles. The van der Waals surface area contributed by atoms with E-state index in [1.165, 1.54) is 22.5 Å². The van der Waals surface area contributed by atoms with Gasteiger partial charge in [-0.15, -0.1) is 0 Å². The second-order valence-corrected chi connectivity index (χ2v) is 6.85. The lowest BCUT2D eigenvalue weighted by atomic mass is 10.2. The molecular formula is C12H17N3O4S. The molecule has 1 aromatic rings. The third-order valence-corrected chi connectivity index (χ3v) is 5.36. The first-order valence-corrected chi connectivity index (χ1v) is 7.76. The van der Waals surface area contributed by atoms with E-state index in [0.29, 0.717) is 18.8 Å². The lowest BCUT2D eigenvalue weighted by Gasteiger charge is -2.16. The molecule has 1 aromatic carbocycles. The Balaban J connectivity index is 2.48.